The van der Waals surface area contributed by atoms with Crippen LogP contribution in [0.3, 0.4) is 0 Å². The summed E-state index contributed by atoms with van der Waals surface area (Å²) in [4.78, 5) is 22.8. The quantitative estimate of drug-likeness (QED) is 0.677. The minimum atomic E-state index is -4.72. The van der Waals surface area contributed by atoms with E-state index in [4.69, 9.17) is 0 Å². The number of hydrogen-bond acceptors (Lipinski definition) is 4. The Balaban J connectivity index is 3.00. The van der Waals surface area contributed by atoms with Crippen LogP contribution in [-0.4, -0.2) is 35.3 Å². The Bertz CT molecular complexity index is 613. The average Bonchev–Trinajstić information content (AvgIpc) is 2.87. The van der Waals surface area contributed by atoms with E-state index in [-0.39, 0.29) is 6.54 Å². The summed E-state index contributed by atoms with van der Waals surface area (Å²) in [5, 5.41) is 5.96. The van der Waals surface area contributed by atoms with Crippen LogP contribution in [0.2, 0.25) is 0 Å². The number of nitrogens with one attached hydrogen (secondary N) is 1. The largest absolute Gasteiger partial charge is 0.466 e. The van der Waals surface area contributed by atoms with Gasteiger partial charge in [0.05, 0.1) is 24.4 Å². The van der Waals surface area contributed by atoms with E-state index >= 15 is 0 Å². The van der Waals surface area contributed by atoms with Gasteiger partial charge < -0.3 is 10.1 Å². The number of rotatable bonds is 4. The zero-order valence-electron chi connectivity index (χ0n) is 13.2. The van der Waals surface area contributed by atoms with Gasteiger partial charge in [-0.3, -0.25) is 9.48 Å². The molecule has 23 heavy (non-hydrogen) atoms. The minimum Gasteiger partial charge on any atom is -0.466 e. The van der Waals surface area contributed by atoms with Crippen molar-refractivity contribution >= 4 is 11.9 Å². The van der Waals surface area contributed by atoms with Gasteiger partial charge in [-0.05, 0) is 20.8 Å². The van der Waals surface area contributed by atoms with Crippen LogP contribution in [0, 0.1) is 0 Å². The highest BCUT2D eigenvalue weighted by Crippen LogP contribution is 2.34. The first-order chi connectivity index (χ1) is 10.5. The predicted octanol–water partition coefficient (Wildman–Crippen LogP) is 2.12. The number of ether oxygens (including phenoxy) is 1. The molecule has 0 aliphatic rings. The van der Waals surface area contributed by atoms with Gasteiger partial charge in [-0.15, -0.1) is 0 Å². The number of carbonyl (C=O) groups excluding carboxylic acids is 2. The SMILES string of the molecule is COC(=O)/C=C/CNC(=O)c1cnn(C(C)(C)C)c1C(F)(F)F. The van der Waals surface area contributed by atoms with Crippen molar-refractivity contribution in [2.24, 2.45) is 0 Å². The lowest BCUT2D eigenvalue weighted by Crippen LogP contribution is -2.31. The molecule has 0 saturated carbocycles. The fraction of sp³-hybridized carbons (Fsp3) is 0.500. The Morgan fingerprint density at radius 1 is 1.35 bits per heavy atom. The number of esters is 1. The molecule has 0 fully saturated rings. The number of methoxy groups -OCH3 is 1. The molecule has 1 heterocycles. The maximum atomic E-state index is 13.3. The fourth-order valence-electron chi connectivity index (χ4n) is 1.77. The van der Waals surface area contributed by atoms with E-state index in [0.29, 0.717) is 0 Å². The molecule has 0 saturated heterocycles. The zero-order chi connectivity index (χ0) is 17.8. The van der Waals surface area contributed by atoms with Crippen LogP contribution in [-0.2, 0) is 21.2 Å². The molecule has 0 unspecified atom stereocenters. The minimum absolute atomic E-state index is 0.119. The first kappa shape index (κ1) is 18.7. The van der Waals surface area contributed by atoms with Crippen LogP contribution in [0.4, 0.5) is 13.2 Å². The smallest absolute Gasteiger partial charge is 0.433 e. The summed E-state index contributed by atoms with van der Waals surface area (Å²) in [6.45, 7) is 4.54. The second-order valence-electron chi connectivity index (χ2n) is 5.62. The third kappa shape index (κ3) is 4.83. The van der Waals surface area contributed by atoms with E-state index in [0.717, 1.165) is 17.0 Å². The van der Waals surface area contributed by atoms with Crippen molar-refractivity contribution in [2.45, 2.75) is 32.5 Å². The van der Waals surface area contributed by atoms with Crippen molar-refractivity contribution in [2.75, 3.05) is 13.7 Å². The van der Waals surface area contributed by atoms with E-state index in [1.54, 1.807) is 20.8 Å². The molecule has 0 spiro atoms. The summed E-state index contributed by atoms with van der Waals surface area (Å²) in [6.07, 6.45) is -1.51. The van der Waals surface area contributed by atoms with Gasteiger partial charge in [0.2, 0.25) is 0 Å². The third-order valence-corrected chi connectivity index (χ3v) is 2.75. The van der Waals surface area contributed by atoms with Crippen LogP contribution < -0.4 is 5.32 Å². The lowest BCUT2D eigenvalue weighted by molar-refractivity contribution is -0.146. The summed E-state index contributed by atoms with van der Waals surface area (Å²) >= 11 is 0. The molecular formula is C14H18F3N3O3. The molecule has 128 valence electrons. The fourth-order valence-corrected chi connectivity index (χ4v) is 1.77. The molecular weight excluding hydrogens is 315 g/mol. The van der Waals surface area contributed by atoms with Crippen LogP contribution in [0.5, 0.6) is 0 Å². The summed E-state index contributed by atoms with van der Waals surface area (Å²) in [7, 11) is 1.18. The Kier molecular flexibility index (Phi) is 5.57. The number of nitrogens with zero attached hydrogens (tertiary/aromatic N) is 2. The van der Waals surface area contributed by atoms with Gasteiger partial charge in [0.1, 0.15) is 0 Å². The summed E-state index contributed by atoms with van der Waals surface area (Å²) in [5.74, 6) is -1.56. The Hall–Kier alpha value is -2.32. The van der Waals surface area contributed by atoms with Gasteiger partial charge in [0.15, 0.2) is 5.69 Å². The summed E-state index contributed by atoms with van der Waals surface area (Å²) in [5.41, 5.74) is -2.62. The van der Waals surface area contributed by atoms with Gasteiger partial charge in [-0.1, -0.05) is 6.08 Å². The van der Waals surface area contributed by atoms with Gasteiger partial charge in [0.25, 0.3) is 5.91 Å². The van der Waals surface area contributed by atoms with Crippen molar-refractivity contribution in [1.82, 2.24) is 15.1 Å². The molecule has 1 aromatic rings. The van der Waals surface area contributed by atoms with Crippen molar-refractivity contribution in [1.29, 1.82) is 0 Å². The zero-order valence-corrected chi connectivity index (χ0v) is 13.2. The second kappa shape index (κ2) is 6.84. The maximum absolute atomic E-state index is 13.3. The number of alkyl halides is 3. The summed E-state index contributed by atoms with van der Waals surface area (Å²) < 4.78 is 44.9. The molecule has 6 nitrogen and oxygen atoms in total. The molecule has 0 aliphatic heterocycles. The van der Waals surface area contributed by atoms with Gasteiger partial charge in [-0.2, -0.15) is 18.3 Å². The van der Waals surface area contributed by atoms with Gasteiger partial charge in [-0.25, -0.2) is 4.79 Å². The number of amides is 1. The lowest BCUT2D eigenvalue weighted by Gasteiger charge is -2.23. The van der Waals surface area contributed by atoms with Gasteiger partial charge in [0, 0.05) is 12.6 Å². The first-order valence-electron chi connectivity index (χ1n) is 6.67. The molecule has 1 amide bonds. The van der Waals surface area contributed by atoms with Crippen molar-refractivity contribution in [3.63, 3.8) is 0 Å². The van der Waals surface area contributed by atoms with Crippen LogP contribution >= 0.6 is 0 Å². The molecule has 9 heteroatoms. The van der Waals surface area contributed by atoms with Crippen molar-refractivity contribution in [3.8, 4) is 0 Å². The topological polar surface area (TPSA) is 73.2 Å². The van der Waals surface area contributed by atoms with Crippen molar-refractivity contribution in [3.05, 3.63) is 29.6 Å². The molecule has 0 aliphatic carbocycles. The third-order valence-electron chi connectivity index (χ3n) is 2.75. The highest BCUT2D eigenvalue weighted by molar-refractivity contribution is 5.95. The van der Waals surface area contributed by atoms with Crippen molar-refractivity contribution < 1.29 is 27.5 Å². The van der Waals surface area contributed by atoms with Crippen LogP contribution in [0.25, 0.3) is 0 Å². The van der Waals surface area contributed by atoms with E-state index in [2.05, 4.69) is 15.2 Å². The monoisotopic (exact) mass is 333 g/mol. The average molecular weight is 333 g/mol. The molecule has 0 radical (unpaired) electrons. The normalized spacial score (nSPS) is 12.5. The highest BCUT2D eigenvalue weighted by atomic mass is 19.4. The number of halogens is 3. The predicted molar refractivity (Wildman–Crippen MR) is 75.7 cm³/mol. The number of carbonyl (C=O) groups is 2. The van der Waals surface area contributed by atoms with Gasteiger partial charge >= 0.3 is 12.1 Å². The highest BCUT2D eigenvalue weighted by Gasteiger charge is 2.42. The van der Waals surface area contributed by atoms with Crippen LogP contribution in [0.15, 0.2) is 18.3 Å². The molecule has 1 aromatic heterocycles. The Labute approximate surface area is 131 Å². The van der Waals surface area contributed by atoms with E-state index in [1.807, 2.05) is 0 Å². The molecule has 1 N–H and O–H groups in total. The standard InChI is InChI=1S/C14H18F3N3O3/c1-13(2,3)20-11(14(15,16)17)9(8-19-20)12(22)18-7-5-6-10(21)23-4/h5-6,8H,7H2,1-4H3,(H,18,22)/b6-5+. The second-order valence-corrected chi connectivity index (χ2v) is 5.62. The molecule has 0 bridgehead atoms. The Morgan fingerprint density at radius 2 is 1.96 bits per heavy atom. The number of hydrogen-bond donors (Lipinski definition) is 1. The Morgan fingerprint density at radius 3 is 2.43 bits per heavy atom. The summed E-state index contributed by atoms with van der Waals surface area (Å²) in [6, 6.07) is 0. The van der Waals surface area contributed by atoms with E-state index in [9.17, 15) is 22.8 Å². The molecule has 0 aromatic carbocycles. The maximum Gasteiger partial charge on any atom is 0.433 e. The first-order valence-corrected chi connectivity index (χ1v) is 6.67. The van der Waals surface area contributed by atoms with E-state index < -0.39 is 34.8 Å². The van der Waals surface area contributed by atoms with E-state index in [1.165, 1.54) is 13.2 Å². The lowest BCUT2D eigenvalue weighted by atomic mass is 10.1. The number of aromatic nitrogens is 2. The van der Waals surface area contributed by atoms with Crippen LogP contribution in [0.1, 0.15) is 36.8 Å². The molecule has 0 atom stereocenters. The molecule has 1 rings (SSSR count).